The third-order valence-electron chi connectivity index (χ3n) is 2.51. The second-order valence-electron chi connectivity index (χ2n) is 3.77. The molecule has 8 heteroatoms. The van der Waals surface area contributed by atoms with E-state index in [2.05, 4.69) is 20.9 Å². The number of imidazole rings is 1. The quantitative estimate of drug-likeness (QED) is 0.848. The smallest absolute Gasteiger partial charge is 0.253 e. The molecular weight excluding hydrogens is 338 g/mol. The van der Waals surface area contributed by atoms with Crippen molar-refractivity contribution >= 4 is 37.3 Å². The first-order valence-corrected chi connectivity index (χ1v) is 8.19. The molecule has 2 rings (SSSR count). The summed E-state index contributed by atoms with van der Waals surface area (Å²) in [4.78, 5) is 4.12. The molecule has 2 aromatic heterocycles. The minimum Gasteiger partial charge on any atom is -0.337 e. The van der Waals surface area contributed by atoms with Crippen LogP contribution in [0.5, 0.6) is 0 Å². The van der Waals surface area contributed by atoms with Crippen LogP contribution in [-0.4, -0.2) is 29.3 Å². The Hall–Kier alpha value is -0.700. The van der Waals surface area contributed by atoms with Gasteiger partial charge in [0.2, 0.25) is 0 Å². The molecule has 0 saturated carbocycles. The monoisotopic (exact) mass is 349 g/mol. The van der Waals surface area contributed by atoms with Crippen molar-refractivity contribution in [1.82, 2.24) is 13.9 Å². The van der Waals surface area contributed by atoms with Crippen molar-refractivity contribution in [3.63, 3.8) is 0 Å². The van der Waals surface area contributed by atoms with E-state index in [1.54, 1.807) is 35.5 Å². The van der Waals surface area contributed by atoms with Crippen molar-refractivity contribution in [3.05, 3.63) is 34.1 Å². The number of thiophene rings is 1. The summed E-state index contributed by atoms with van der Waals surface area (Å²) in [5, 5.41) is 1.74. The summed E-state index contributed by atoms with van der Waals surface area (Å²) < 4.78 is 28.7. The Labute approximate surface area is 118 Å². The summed E-state index contributed by atoms with van der Waals surface area (Å²) in [7, 11) is -0.0786. The molecule has 0 aliphatic carbocycles. The van der Waals surface area contributed by atoms with E-state index in [1.165, 1.54) is 15.6 Å². The first-order valence-electron chi connectivity index (χ1n) is 5.08. The standard InChI is InChI=1S/C10H12BrN3O2S2/c1-13-5-4-12-9(13)7-14(2)18(15,16)10-8(11)3-6-17-10/h3-6H,7H2,1-2H3. The number of rotatable bonds is 4. The molecule has 0 saturated heterocycles. The minimum absolute atomic E-state index is 0.246. The van der Waals surface area contributed by atoms with Crippen LogP contribution in [0, 0.1) is 0 Å². The number of aryl methyl sites for hydroxylation is 1. The Balaban J connectivity index is 2.27. The molecule has 18 heavy (non-hydrogen) atoms. The Morgan fingerprint density at radius 1 is 1.56 bits per heavy atom. The van der Waals surface area contributed by atoms with Gasteiger partial charge in [0.25, 0.3) is 10.0 Å². The molecule has 0 bridgehead atoms. The van der Waals surface area contributed by atoms with Crippen molar-refractivity contribution in [3.8, 4) is 0 Å². The maximum absolute atomic E-state index is 12.3. The molecule has 0 aliphatic heterocycles. The summed E-state index contributed by atoms with van der Waals surface area (Å²) in [5.74, 6) is 0.703. The maximum atomic E-state index is 12.3. The Bertz CT molecular complexity index is 648. The van der Waals surface area contributed by atoms with Gasteiger partial charge in [0, 0.05) is 31.0 Å². The van der Waals surface area contributed by atoms with Gasteiger partial charge in [-0.05, 0) is 27.4 Å². The molecule has 2 aromatic rings. The lowest BCUT2D eigenvalue weighted by molar-refractivity contribution is 0.452. The highest BCUT2D eigenvalue weighted by Gasteiger charge is 2.25. The number of sulfonamides is 1. The van der Waals surface area contributed by atoms with E-state index < -0.39 is 10.0 Å². The predicted octanol–water partition coefficient (Wildman–Crippen LogP) is 2.06. The minimum atomic E-state index is -3.47. The molecule has 0 fully saturated rings. The maximum Gasteiger partial charge on any atom is 0.253 e. The zero-order chi connectivity index (χ0) is 13.3. The number of hydrogen-bond acceptors (Lipinski definition) is 4. The van der Waals surface area contributed by atoms with Gasteiger partial charge in [0.1, 0.15) is 10.0 Å². The Morgan fingerprint density at radius 3 is 2.78 bits per heavy atom. The van der Waals surface area contributed by atoms with Gasteiger partial charge in [0.15, 0.2) is 0 Å². The van der Waals surface area contributed by atoms with Crippen LogP contribution in [0.3, 0.4) is 0 Å². The van der Waals surface area contributed by atoms with E-state index in [4.69, 9.17) is 0 Å². The topological polar surface area (TPSA) is 55.2 Å². The fraction of sp³-hybridized carbons (Fsp3) is 0.300. The number of nitrogens with zero attached hydrogens (tertiary/aromatic N) is 3. The molecule has 0 aromatic carbocycles. The van der Waals surface area contributed by atoms with Gasteiger partial charge in [0.05, 0.1) is 6.54 Å². The van der Waals surface area contributed by atoms with Gasteiger partial charge in [-0.1, -0.05) is 0 Å². The second-order valence-corrected chi connectivity index (χ2v) is 7.78. The third-order valence-corrected chi connectivity index (χ3v) is 6.96. The summed E-state index contributed by atoms with van der Waals surface area (Å²) in [6, 6.07) is 1.73. The summed E-state index contributed by atoms with van der Waals surface area (Å²) in [5.41, 5.74) is 0. The van der Waals surface area contributed by atoms with E-state index in [9.17, 15) is 8.42 Å². The van der Waals surface area contributed by atoms with Gasteiger partial charge in [-0.3, -0.25) is 0 Å². The average Bonchev–Trinajstić information content (AvgIpc) is 2.88. The van der Waals surface area contributed by atoms with Gasteiger partial charge in [-0.15, -0.1) is 11.3 Å². The molecular formula is C10H12BrN3O2S2. The normalized spacial score (nSPS) is 12.2. The third kappa shape index (κ3) is 2.51. The molecule has 0 N–H and O–H groups in total. The zero-order valence-corrected chi connectivity index (χ0v) is 13.1. The second kappa shape index (κ2) is 5.12. The molecule has 98 valence electrons. The number of hydrogen-bond donors (Lipinski definition) is 0. The molecule has 2 heterocycles. The summed E-state index contributed by atoms with van der Waals surface area (Å²) in [6.45, 7) is 0.246. The predicted molar refractivity (Wildman–Crippen MR) is 73.9 cm³/mol. The van der Waals surface area contributed by atoms with Crippen molar-refractivity contribution in [2.45, 2.75) is 10.8 Å². The van der Waals surface area contributed by atoms with E-state index in [0.717, 1.165) is 0 Å². The Kier molecular flexibility index (Phi) is 3.90. The first kappa shape index (κ1) is 13.7. The number of aromatic nitrogens is 2. The molecule has 0 spiro atoms. The van der Waals surface area contributed by atoms with Gasteiger partial charge >= 0.3 is 0 Å². The molecule has 0 aliphatic rings. The van der Waals surface area contributed by atoms with E-state index in [0.29, 0.717) is 14.5 Å². The Morgan fingerprint density at radius 2 is 2.28 bits per heavy atom. The van der Waals surface area contributed by atoms with Crippen molar-refractivity contribution < 1.29 is 8.42 Å². The van der Waals surface area contributed by atoms with Gasteiger partial charge in [-0.2, -0.15) is 4.31 Å². The van der Waals surface area contributed by atoms with Crippen LogP contribution < -0.4 is 0 Å². The van der Waals surface area contributed by atoms with Crippen LogP contribution in [-0.2, 0) is 23.6 Å². The van der Waals surface area contributed by atoms with Crippen LogP contribution in [0.1, 0.15) is 5.82 Å². The van der Waals surface area contributed by atoms with E-state index in [-0.39, 0.29) is 6.54 Å². The lowest BCUT2D eigenvalue weighted by Crippen LogP contribution is -2.27. The van der Waals surface area contributed by atoms with Crippen LogP contribution in [0.2, 0.25) is 0 Å². The summed E-state index contributed by atoms with van der Waals surface area (Å²) >= 11 is 4.44. The fourth-order valence-corrected chi connectivity index (χ4v) is 5.07. The SMILES string of the molecule is CN(Cc1nccn1C)S(=O)(=O)c1sccc1Br. The molecule has 0 amide bonds. The van der Waals surface area contributed by atoms with Gasteiger partial charge < -0.3 is 4.57 Å². The van der Waals surface area contributed by atoms with Crippen molar-refractivity contribution in [2.24, 2.45) is 7.05 Å². The number of halogens is 1. The van der Waals surface area contributed by atoms with E-state index in [1.807, 2.05) is 7.05 Å². The van der Waals surface area contributed by atoms with Crippen molar-refractivity contribution in [2.75, 3.05) is 7.05 Å². The highest BCUT2D eigenvalue weighted by Crippen LogP contribution is 2.30. The lowest BCUT2D eigenvalue weighted by Gasteiger charge is -2.16. The van der Waals surface area contributed by atoms with Crippen LogP contribution in [0.4, 0.5) is 0 Å². The van der Waals surface area contributed by atoms with Crippen molar-refractivity contribution in [1.29, 1.82) is 0 Å². The molecule has 0 atom stereocenters. The van der Waals surface area contributed by atoms with Gasteiger partial charge in [-0.25, -0.2) is 13.4 Å². The molecule has 0 unspecified atom stereocenters. The van der Waals surface area contributed by atoms with Crippen LogP contribution >= 0.6 is 27.3 Å². The summed E-state index contributed by atoms with van der Waals surface area (Å²) in [6.07, 6.45) is 3.44. The fourth-order valence-electron chi connectivity index (χ4n) is 1.44. The lowest BCUT2D eigenvalue weighted by atomic mass is 10.6. The highest BCUT2D eigenvalue weighted by molar-refractivity contribution is 9.10. The zero-order valence-electron chi connectivity index (χ0n) is 9.87. The van der Waals surface area contributed by atoms with E-state index >= 15 is 0 Å². The largest absolute Gasteiger partial charge is 0.337 e. The molecule has 0 radical (unpaired) electrons. The average molecular weight is 350 g/mol. The van der Waals surface area contributed by atoms with Crippen LogP contribution in [0.25, 0.3) is 0 Å². The highest BCUT2D eigenvalue weighted by atomic mass is 79.9. The first-order chi connectivity index (χ1) is 8.43. The van der Waals surface area contributed by atoms with Crippen LogP contribution in [0.15, 0.2) is 32.5 Å². The molecule has 5 nitrogen and oxygen atoms in total.